The number of hydrogen-bond donors (Lipinski definition) is 2. The number of carboxylic acid groups (broad SMARTS) is 1. The van der Waals surface area contributed by atoms with E-state index in [-0.39, 0.29) is 5.78 Å². The number of ether oxygens (including phenoxy) is 2. The van der Waals surface area contributed by atoms with Crippen LogP contribution in [0.1, 0.15) is 84.8 Å². The van der Waals surface area contributed by atoms with Gasteiger partial charge in [0, 0.05) is 61.4 Å². The lowest BCUT2D eigenvalue weighted by molar-refractivity contribution is -0.114. The molecule has 2 aliphatic heterocycles. The SMILES string of the molecule is C=C(NC(=O)O)c1ccccc1-c1ccc(CC2=C(CCC)N=C(C)CC2=O)cc1.CC.CC.COC1CCOCC1. The molecular weight excluding hydrogens is 528 g/mol. The van der Waals surface area contributed by atoms with Crippen LogP contribution in [0.15, 0.2) is 71.4 Å². The summed E-state index contributed by atoms with van der Waals surface area (Å²) in [5.41, 5.74) is 6.56. The number of methoxy groups -OCH3 is 1. The Labute approximate surface area is 252 Å². The molecule has 2 aromatic carbocycles. The summed E-state index contributed by atoms with van der Waals surface area (Å²) in [5, 5.41) is 11.3. The van der Waals surface area contributed by atoms with Crippen molar-refractivity contribution in [1.82, 2.24) is 5.32 Å². The summed E-state index contributed by atoms with van der Waals surface area (Å²) < 4.78 is 10.2. The highest BCUT2D eigenvalue weighted by Gasteiger charge is 2.21. The number of rotatable bonds is 8. The zero-order valence-electron chi connectivity index (χ0n) is 26.6. The Bertz CT molecular complexity index is 1190. The highest BCUT2D eigenvalue weighted by atomic mass is 16.5. The molecule has 0 aromatic heterocycles. The second-order valence-electron chi connectivity index (χ2n) is 9.50. The minimum Gasteiger partial charge on any atom is -0.465 e. The Morgan fingerprint density at radius 1 is 1.07 bits per heavy atom. The summed E-state index contributed by atoms with van der Waals surface area (Å²) in [7, 11) is 1.76. The second kappa shape index (κ2) is 20.3. The van der Waals surface area contributed by atoms with Gasteiger partial charge in [0.15, 0.2) is 5.78 Å². The number of nitrogens with zero attached hydrogens (tertiary/aromatic N) is 1. The van der Waals surface area contributed by atoms with Gasteiger partial charge in [0.05, 0.1) is 6.10 Å². The molecule has 2 aliphatic rings. The summed E-state index contributed by atoms with van der Waals surface area (Å²) in [6.07, 6.45) is 4.18. The molecule has 0 aliphatic carbocycles. The molecule has 0 saturated carbocycles. The van der Waals surface area contributed by atoms with Gasteiger partial charge in [0.2, 0.25) is 0 Å². The Morgan fingerprint density at radius 3 is 2.24 bits per heavy atom. The first-order valence-corrected chi connectivity index (χ1v) is 15.1. The van der Waals surface area contributed by atoms with Crippen LogP contribution in [-0.2, 0) is 20.7 Å². The van der Waals surface area contributed by atoms with Crippen molar-refractivity contribution >= 4 is 23.3 Å². The van der Waals surface area contributed by atoms with Gasteiger partial charge in [-0.2, -0.15) is 0 Å². The number of carbonyl (C=O) groups excluding carboxylic acids is 1. The summed E-state index contributed by atoms with van der Waals surface area (Å²) in [5.74, 6) is 0.163. The first-order valence-electron chi connectivity index (χ1n) is 15.1. The minimum absolute atomic E-state index is 0.163. The minimum atomic E-state index is -1.14. The highest BCUT2D eigenvalue weighted by molar-refractivity contribution is 6.11. The lowest BCUT2D eigenvalue weighted by atomic mass is 9.91. The van der Waals surface area contributed by atoms with E-state index in [0.717, 1.165) is 78.1 Å². The van der Waals surface area contributed by atoms with Crippen LogP contribution in [0.25, 0.3) is 16.8 Å². The molecule has 2 aromatic rings. The van der Waals surface area contributed by atoms with E-state index in [9.17, 15) is 9.59 Å². The molecule has 2 N–H and O–H groups in total. The van der Waals surface area contributed by atoms with Crippen molar-refractivity contribution in [2.45, 2.75) is 86.2 Å². The molecular formula is C35H50N2O5. The van der Waals surface area contributed by atoms with Crippen molar-refractivity contribution in [1.29, 1.82) is 0 Å². The number of aliphatic imine (C=N–C) groups is 1. The predicted octanol–water partition coefficient (Wildman–Crippen LogP) is 8.49. The quantitative estimate of drug-likeness (QED) is 0.327. The van der Waals surface area contributed by atoms with Crippen molar-refractivity contribution in [3.63, 3.8) is 0 Å². The lowest BCUT2D eigenvalue weighted by Gasteiger charge is -2.19. The summed E-state index contributed by atoms with van der Waals surface area (Å²) in [4.78, 5) is 28.2. The third kappa shape index (κ3) is 11.7. The van der Waals surface area contributed by atoms with Crippen LogP contribution in [0.3, 0.4) is 0 Å². The largest absolute Gasteiger partial charge is 0.465 e. The third-order valence-corrected chi connectivity index (χ3v) is 6.57. The van der Waals surface area contributed by atoms with E-state index in [1.54, 1.807) is 7.11 Å². The van der Waals surface area contributed by atoms with Crippen LogP contribution in [0.2, 0.25) is 0 Å². The van der Waals surface area contributed by atoms with Gasteiger partial charge in [-0.05, 0) is 42.9 Å². The highest BCUT2D eigenvalue weighted by Crippen LogP contribution is 2.29. The Morgan fingerprint density at radius 2 is 1.69 bits per heavy atom. The van der Waals surface area contributed by atoms with E-state index in [2.05, 4.69) is 23.8 Å². The summed E-state index contributed by atoms with van der Waals surface area (Å²) in [6.45, 7) is 17.6. The van der Waals surface area contributed by atoms with E-state index in [4.69, 9.17) is 14.6 Å². The van der Waals surface area contributed by atoms with E-state index in [1.807, 2.05) is 83.1 Å². The van der Waals surface area contributed by atoms with Crippen LogP contribution in [-0.4, -0.2) is 49.1 Å². The van der Waals surface area contributed by atoms with Gasteiger partial charge in [0.25, 0.3) is 0 Å². The van der Waals surface area contributed by atoms with Gasteiger partial charge in [-0.25, -0.2) is 4.79 Å². The Balaban J connectivity index is 0.000000620. The molecule has 1 saturated heterocycles. The number of ketones is 1. The molecule has 0 radical (unpaired) electrons. The van der Waals surface area contributed by atoms with E-state index >= 15 is 0 Å². The van der Waals surface area contributed by atoms with E-state index in [1.165, 1.54) is 0 Å². The van der Waals surface area contributed by atoms with Gasteiger partial charge in [-0.3, -0.25) is 15.1 Å². The average molecular weight is 579 g/mol. The zero-order valence-corrected chi connectivity index (χ0v) is 26.6. The molecule has 7 heteroatoms. The second-order valence-corrected chi connectivity index (χ2v) is 9.50. The van der Waals surface area contributed by atoms with Crippen molar-refractivity contribution in [3.8, 4) is 11.1 Å². The fourth-order valence-corrected chi connectivity index (χ4v) is 4.59. The fraction of sp³-hybridized carbons (Fsp3) is 0.457. The number of hydrogen-bond acceptors (Lipinski definition) is 5. The van der Waals surface area contributed by atoms with Crippen molar-refractivity contribution < 1.29 is 24.2 Å². The number of nitrogens with one attached hydrogen (secondary N) is 1. The van der Waals surface area contributed by atoms with E-state index in [0.29, 0.717) is 24.6 Å². The third-order valence-electron chi connectivity index (χ3n) is 6.57. The molecule has 42 heavy (non-hydrogen) atoms. The maximum absolute atomic E-state index is 12.6. The van der Waals surface area contributed by atoms with Crippen molar-refractivity contribution in [2.75, 3.05) is 20.3 Å². The van der Waals surface area contributed by atoms with Crippen LogP contribution in [0.4, 0.5) is 4.79 Å². The van der Waals surface area contributed by atoms with Crippen LogP contribution >= 0.6 is 0 Å². The number of Topliss-reactive ketones (excluding diaryl/α,β-unsaturated/α-hetero) is 1. The molecule has 2 heterocycles. The van der Waals surface area contributed by atoms with Gasteiger partial charge >= 0.3 is 6.09 Å². The number of benzene rings is 2. The smallest absolute Gasteiger partial charge is 0.409 e. The molecule has 4 rings (SSSR count). The maximum Gasteiger partial charge on any atom is 0.409 e. The van der Waals surface area contributed by atoms with Gasteiger partial charge in [0.1, 0.15) is 0 Å². The molecule has 1 fully saturated rings. The maximum atomic E-state index is 12.6. The first-order chi connectivity index (χ1) is 20.3. The van der Waals surface area contributed by atoms with Crippen molar-refractivity contribution in [3.05, 3.63) is 77.5 Å². The van der Waals surface area contributed by atoms with Gasteiger partial charge in [-0.15, -0.1) is 0 Å². The van der Waals surface area contributed by atoms with Crippen LogP contribution < -0.4 is 5.32 Å². The first kappa shape index (κ1) is 36.5. The molecule has 0 bridgehead atoms. The molecule has 7 nitrogen and oxygen atoms in total. The zero-order chi connectivity index (χ0) is 31.5. The number of carbonyl (C=O) groups is 2. The predicted molar refractivity (Wildman–Crippen MR) is 174 cm³/mol. The molecule has 0 spiro atoms. The molecule has 230 valence electrons. The van der Waals surface area contributed by atoms with E-state index < -0.39 is 6.09 Å². The standard InChI is InChI=1S/C25H26N2O3.C6H12O2.2C2H6/c1-4-7-23-22(24(28)14-16(2)26-23)15-18-10-12-19(13-11-18)21-9-6-5-8-20(21)17(3)27-25(29)30;1-7-6-2-4-8-5-3-6;2*1-2/h5-6,8-13,27H,3-4,7,14-15H2,1-2H3,(H,29,30);6H,2-5H2,1H3;2*1-2H3. The summed E-state index contributed by atoms with van der Waals surface area (Å²) in [6, 6.07) is 15.5. The van der Waals surface area contributed by atoms with Crippen LogP contribution in [0.5, 0.6) is 0 Å². The van der Waals surface area contributed by atoms with Gasteiger partial charge in [-0.1, -0.05) is 96.1 Å². The monoisotopic (exact) mass is 578 g/mol. The number of amides is 1. The Kier molecular flexibility index (Phi) is 17.7. The topological polar surface area (TPSA) is 97.2 Å². The average Bonchev–Trinajstić information content (AvgIpc) is 3.02. The van der Waals surface area contributed by atoms with Gasteiger partial charge < -0.3 is 14.6 Å². The fourth-order valence-electron chi connectivity index (χ4n) is 4.59. The molecule has 1 amide bonds. The summed E-state index contributed by atoms with van der Waals surface area (Å²) >= 11 is 0. The van der Waals surface area contributed by atoms with Crippen molar-refractivity contribution in [2.24, 2.45) is 4.99 Å². The normalized spacial score (nSPS) is 14.6. The number of allylic oxidation sites excluding steroid dienone is 2. The Hall–Kier alpha value is -3.55. The van der Waals surface area contributed by atoms with Crippen LogP contribution in [0, 0.1) is 0 Å². The molecule has 0 unspecified atom stereocenters. The molecule has 0 atom stereocenters. The lowest BCUT2D eigenvalue weighted by Crippen LogP contribution is -2.21.